The zero-order valence-electron chi connectivity index (χ0n) is 18.0. The minimum absolute atomic E-state index is 0.00387. The summed E-state index contributed by atoms with van der Waals surface area (Å²) < 4.78 is 8.11. The molecule has 0 unspecified atom stereocenters. The predicted molar refractivity (Wildman–Crippen MR) is 124 cm³/mol. The SMILES string of the molecule is CC(C)(C)[Si](C)(C)O[C@H]1C#C/C=C\C#CC[C@@H]2CC(=O)[C@@H]([Se]c3ccccc3)[C@H]21. The van der Waals surface area contributed by atoms with Gasteiger partial charge >= 0.3 is 183 Å². The van der Waals surface area contributed by atoms with Gasteiger partial charge in [-0.3, -0.25) is 0 Å². The number of rotatable bonds is 4. The molecule has 2 nitrogen and oxygen atoms in total. The van der Waals surface area contributed by atoms with E-state index < -0.39 is 8.32 Å². The summed E-state index contributed by atoms with van der Waals surface area (Å²) in [4.78, 5) is 13.1. The maximum atomic E-state index is 13.1. The van der Waals surface area contributed by atoms with E-state index in [-0.39, 0.29) is 42.8 Å². The molecule has 1 aromatic carbocycles. The summed E-state index contributed by atoms with van der Waals surface area (Å²) in [6, 6.07) is 10.4. The molecule has 0 heterocycles. The first kappa shape index (κ1) is 22.1. The second-order valence-corrected chi connectivity index (χ2v) is 16.6. The normalized spacial score (nSPS) is 27.8. The second kappa shape index (κ2) is 9.07. The zero-order valence-corrected chi connectivity index (χ0v) is 20.7. The van der Waals surface area contributed by atoms with Crippen LogP contribution in [0.4, 0.5) is 0 Å². The van der Waals surface area contributed by atoms with Crippen molar-refractivity contribution in [1.82, 2.24) is 0 Å². The van der Waals surface area contributed by atoms with Crippen LogP contribution in [0.25, 0.3) is 0 Å². The average molecular weight is 470 g/mol. The Kier molecular flexibility index (Phi) is 6.93. The van der Waals surface area contributed by atoms with E-state index >= 15 is 0 Å². The molecule has 0 aromatic heterocycles. The van der Waals surface area contributed by atoms with Gasteiger partial charge in [0.15, 0.2) is 0 Å². The Labute approximate surface area is 183 Å². The van der Waals surface area contributed by atoms with Crippen LogP contribution >= 0.6 is 0 Å². The van der Waals surface area contributed by atoms with Crippen molar-refractivity contribution in [1.29, 1.82) is 0 Å². The van der Waals surface area contributed by atoms with Crippen molar-refractivity contribution < 1.29 is 9.22 Å². The van der Waals surface area contributed by atoms with Gasteiger partial charge in [-0.1, -0.05) is 0 Å². The Bertz CT molecular complexity index is 890. The van der Waals surface area contributed by atoms with Crippen LogP contribution in [0, 0.1) is 35.5 Å². The van der Waals surface area contributed by atoms with Gasteiger partial charge in [0.1, 0.15) is 0 Å². The summed E-state index contributed by atoms with van der Waals surface area (Å²) in [6.07, 6.45) is 4.73. The van der Waals surface area contributed by atoms with Gasteiger partial charge in [0.25, 0.3) is 0 Å². The molecule has 0 N–H and O–H groups in total. The molecule has 1 saturated carbocycles. The van der Waals surface area contributed by atoms with E-state index in [2.05, 4.69) is 81.8 Å². The summed E-state index contributed by atoms with van der Waals surface area (Å²) >= 11 is 0.0713. The van der Waals surface area contributed by atoms with Gasteiger partial charge in [0.2, 0.25) is 0 Å². The van der Waals surface area contributed by atoms with E-state index in [9.17, 15) is 4.79 Å². The topological polar surface area (TPSA) is 26.3 Å². The van der Waals surface area contributed by atoms with Crippen molar-refractivity contribution in [2.24, 2.45) is 11.8 Å². The van der Waals surface area contributed by atoms with Crippen LogP contribution in [0.3, 0.4) is 0 Å². The second-order valence-electron chi connectivity index (χ2n) is 9.31. The van der Waals surface area contributed by atoms with Gasteiger partial charge in [-0.05, 0) is 0 Å². The molecule has 4 atom stereocenters. The molecule has 2 aliphatic carbocycles. The van der Waals surface area contributed by atoms with Crippen molar-refractivity contribution in [3.63, 3.8) is 0 Å². The van der Waals surface area contributed by atoms with Crippen molar-refractivity contribution in [3.05, 3.63) is 42.5 Å². The van der Waals surface area contributed by atoms with Crippen molar-refractivity contribution in [2.75, 3.05) is 0 Å². The maximum absolute atomic E-state index is 13.1. The van der Waals surface area contributed by atoms with Gasteiger partial charge < -0.3 is 0 Å². The molecule has 2 aliphatic rings. The number of fused-ring (bicyclic) bond motifs is 1. The number of hydrogen-bond donors (Lipinski definition) is 0. The van der Waals surface area contributed by atoms with Crippen LogP contribution in [0.15, 0.2) is 42.5 Å². The number of allylic oxidation sites excluding steroid dienone is 2. The Hall–Kier alpha value is -1.55. The number of ketones is 1. The van der Waals surface area contributed by atoms with Crippen LogP contribution in [-0.4, -0.2) is 35.2 Å². The van der Waals surface area contributed by atoms with E-state index in [1.165, 1.54) is 4.46 Å². The van der Waals surface area contributed by atoms with Gasteiger partial charge in [0.05, 0.1) is 0 Å². The van der Waals surface area contributed by atoms with E-state index in [4.69, 9.17) is 4.43 Å². The van der Waals surface area contributed by atoms with Crippen LogP contribution in [0.2, 0.25) is 22.9 Å². The first-order chi connectivity index (χ1) is 13.7. The third kappa shape index (κ3) is 5.33. The fraction of sp³-hybridized carbons (Fsp3) is 0.480. The Morgan fingerprint density at radius 3 is 2.48 bits per heavy atom. The summed E-state index contributed by atoms with van der Waals surface area (Å²) in [5.41, 5.74) is 0. The summed E-state index contributed by atoms with van der Waals surface area (Å²) in [6.45, 7) is 11.3. The molecule has 0 bridgehead atoms. The van der Waals surface area contributed by atoms with Crippen molar-refractivity contribution in [2.45, 2.75) is 62.7 Å². The Morgan fingerprint density at radius 1 is 1.10 bits per heavy atom. The van der Waals surface area contributed by atoms with Crippen LogP contribution in [-0.2, 0) is 9.22 Å². The van der Waals surface area contributed by atoms with E-state index in [0.717, 1.165) is 6.42 Å². The first-order valence-corrected chi connectivity index (χ1v) is 15.0. The third-order valence-electron chi connectivity index (χ3n) is 6.20. The summed E-state index contributed by atoms with van der Waals surface area (Å²) in [5, 5.41) is 0.0951. The van der Waals surface area contributed by atoms with Gasteiger partial charge in [-0.2, -0.15) is 0 Å². The fourth-order valence-corrected chi connectivity index (χ4v) is 7.59. The number of carbonyl (C=O) groups is 1. The molecule has 0 radical (unpaired) electrons. The van der Waals surface area contributed by atoms with E-state index in [1.54, 1.807) is 6.08 Å². The molecule has 152 valence electrons. The van der Waals surface area contributed by atoms with E-state index in [1.807, 2.05) is 12.1 Å². The first-order valence-electron chi connectivity index (χ1n) is 10.3. The zero-order chi connectivity index (χ0) is 21.1. The monoisotopic (exact) mass is 470 g/mol. The number of carbonyl (C=O) groups excluding carboxylic acids is 1. The number of hydrogen-bond acceptors (Lipinski definition) is 2. The van der Waals surface area contributed by atoms with Crippen LogP contribution < -0.4 is 4.46 Å². The molecule has 1 fully saturated rings. The molecule has 0 saturated heterocycles. The Morgan fingerprint density at radius 2 is 1.79 bits per heavy atom. The molecule has 0 aliphatic heterocycles. The minimum atomic E-state index is -2.03. The average Bonchev–Trinajstić information content (AvgIpc) is 2.95. The molecule has 1 aromatic rings. The fourth-order valence-electron chi connectivity index (χ4n) is 3.54. The third-order valence-corrected chi connectivity index (χ3v) is 13.5. The van der Waals surface area contributed by atoms with Gasteiger partial charge in [-0.15, -0.1) is 0 Å². The van der Waals surface area contributed by atoms with Crippen LogP contribution in [0.5, 0.6) is 0 Å². The Balaban J connectivity index is 1.98. The molecular weight excluding hydrogens is 439 g/mol. The quantitative estimate of drug-likeness (QED) is 0.484. The molecule has 3 rings (SSSR count). The van der Waals surface area contributed by atoms with Crippen molar-refractivity contribution >= 4 is 33.5 Å². The summed E-state index contributed by atoms with van der Waals surface area (Å²) in [7, 11) is -2.03. The number of benzene rings is 1. The molecule has 0 spiro atoms. The molecule has 0 amide bonds. The molecule has 29 heavy (non-hydrogen) atoms. The number of Topliss-reactive ketones (excluding diaryl/α,β-unsaturated/α-hetero) is 1. The van der Waals surface area contributed by atoms with Gasteiger partial charge in [0, 0.05) is 0 Å². The summed E-state index contributed by atoms with van der Waals surface area (Å²) in [5.74, 6) is 13.6. The molecular formula is C25H30O2SeSi. The van der Waals surface area contributed by atoms with Crippen molar-refractivity contribution in [3.8, 4) is 23.7 Å². The predicted octanol–water partition coefficient (Wildman–Crippen LogP) is 4.37. The molecule has 4 heteroatoms. The standard InChI is InChI=1S/C25H30O2SeSi/c1-25(2,3)29(4,5)27-22-17-13-8-6-7-10-14-19-18-21(26)24(23(19)22)28-20-15-11-9-12-16-20/h6,8-9,11-12,15-16,19,22-24H,14,18H2,1-5H3/b8-6-/t19-,22+,23-,24-/m1/s1. The van der Waals surface area contributed by atoms with E-state index in [0.29, 0.717) is 12.2 Å². The van der Waals surface area contributed by atoms with Crippen LogP contribution in [0.1, 0.15) is 33.6 Å². The van der Waals surface area contributed by atoms with Gasteiger partial charge in [-0.25, -0.2) is 0 Å².